The first kappa shape index (κ1) is 17.5. The van der Waals surface area contributed by atoms with Crippen molar-refractivity contribution in [2.45, 2.75) is 25.6 Å². The summed E-state index contributed by atoms with van der Waals surface area (Å²) in [7, 11) is 0. The molecule has 1 amide bonds. The Bertz CT molecular complexity index is 1050. The Kier molecular flexibility index (Phi) is 4.53. The monoisotopic (exact) mass is 367 g/mol. The molecule has 139 valence electrons. The Morgan fingerprint density at radius 3 is 2.81 bits per heavy atom. The van der Waals surface area contributed by atoms with Crippen molar-refractivity contribution < 1.29 is 9.18 Å². The maximum atomic E-state index is 13.3. The number of piperidine rings is 1. The fraction of sp³-hybridized carbons (Fsp3) is 0.300. The molecule has 2 aromatic heterocycles. The molecular formula is C20H20FN4O2. The van der Waals surface area contributed by atoms with Crippen molar-refractivity contribution in [1.82, 2.24) is 14.5 Å². The number of fused-ring (bicyclic) bond motifs is 1. The molecule has 1 aliphatic rings. The number of aromatic amines is 1. The number of rotatable bonds is 3. The summed E-state index contributed by atoms with van der Waals surface area (Å²) in [5.74, 6) is 0. The summed E-state index contributed by atoms with van der Waals surface area (Å²) >= 11 is 0. The lowest BCUT2D eigenvalue weighted by atomic mass is 10.1. The van der Waals surface area contributed by atoms with Crippen molar-refractivity contribution in [1.29, 1.82) is 0 Å². The summed E-state index contributed by atoms with van der Waals surface area (Å²) in [5, 5.41) is 0.969. The molecule has 0 bridgehead atoms. The molecule has 1 saturated heterocycles. The summed E-state index contributed by atoms with van der Waals surface area (Å²) in [5.41, 5.74) is 7.71. The van der Waals surface area contributed by atoms with Crippen molar-refractivity contribution in [3.63, 3.8) is 0 Å². The zero-order valence-corrected chi connectivity index (χ0v) is 14.7. The number of carbonyl (C=O) groups is 1. The van der Waals surface area contributed by atoms with E-state index in [1.807, 2.05) is 18.2 Å². The minimum Gasteiger partial charge on any atom is -0.354 e. The summed E-state index contributed by atoms with van der Waals surface area (Å²) in [6.45, 7) is 2.31. The molecule has 3 aromatic rings. The number of likely N-dealkylation sites (tertiary alicyclic amines) is 1. The van der Waals surface area contributed by atoms with Crippen LogP contribution in [0.3, 0.4) is 0 Å². The quantitative estimate of drug-likeness (QED) is 0.746. The van der Waals surface area contributed by atoms with Gasteiger partial charge in [0.25, 0.3) is 5.56 Å². The predicted molar refractivity (Wildman–Crippen MR) is 101 cm³/mol. The van der Waals surface area contributed by atoms with Crippen LogP contribution in [-0.4, -0.2) is 39.7 Å². The molecule has 4 rings (SSSR count). The zero-order chi connectivity index (χ0) is 19.0. The van der Waals surface area contributed by atoms with Crippen LogP contribution in [0.2, 0.25) is 0 Å². The fourth-order valence-electron chi connectivity index (χ4n) is 3.55. The number of halogens is 1. The molecule has 6 nitrogen and oxygen atoms in total. The first-order valence-electron chi connectivity index (χ1n) is 8.92. The molecule has 1 aliphatic heterocycles. The smallest absolute Gasteiger partial charge is 0.325 e. The first-order valence-corrected chi connectivity index (χ1v) is 8.92. The van der Waals surface area contributed by atoms with Crippen LogP contribution >= 0.6 is 0 Å². The van der Waals surface area contributed by atoms with Crippen LogP contribution in [0.15, 0.2) is 41.3 Å². The number of hydrogen-bond acceptors (Lipinski definition) is 3. The minimum absolute atomic E-state index is 0.332. The van der Waals surface area contributed by atoms with E-state index in [9.17, 15) is 14.0 Å². The molecule has 1 aromatic carbocycles. The number of primary amides is 1. The summed E-state index contributed by atoms with van der Waals surface area (Å²) < 4.78 is 14.1. The molecule has 0 atom stereocenters. The number of nitrogens with one attached hydrogen (secondary N) is 1. The SMILES string of the molecule is NC(=O)n1c[c]cc(-c2cc3cc(CN4CCC(F)CC4)ccc3[nH]2)c1=O. The standard InChI is InChI=1S/C20H20FN4O2/c21-15-5-8-24(9-6-15)12-13-3-4-17-14(10-13)11-18(23-17)16-2-1-7-25(19(16)26)20(22)27/h2-4,7,10-11,15,23H,5-6,8-9,12H2,(H2,22,27). The second kappa shape index (κ2) is 7.00. The number of pyridine rings is 1. The van der Waals surface area contributed by atoms with Gasteiger partial charge in [0, 0.05) is 42.8 Å². The van der Waals surface area contributed by atoms with Gasteiger partial charge in [-0.25, -0.2) is 13.8 Å². The molecule has 1 fully saturated rings. The van der Waals surface area contributed by atoms with E-state index >= 15 is 0 Å². The van der Waals surface area contributed by atoms with E-state index in [2.05, 4.69) is 22.0 Å². The van der Waals surface area contributed by atoms with Crippen LogP contribution in [0.25, 0.3) is 22.2 Å². The van der Waals surface area contributed by atoms with Crippen LogP contribution in [-0.2, 0) is 6.54 Å². The number of nitrogens with zero attached hydrogens (tertiary/aromatic N) is 2. The Hall–Kier alpha value is -2.93. The fourth-order valence-corrected chi connectivity index (χ4v) is 3.55. The van der Waals surface area contributed by atoms with Gasteiger partial charge in [-0.3, -0.25) is 9.69 Å². The molecule has 7 heteroatoms. The predicted octanol–water partition coefficient (Wildman–Crippen LogP) is 2.66. The first-order chi connectivity index (χ1) is 13.0. The van der Waals surface area contributed by atoms with Crippen LogP contribution in [0, 0.1) is 6.07 Å². The highest BCUT2D eigenvalue weighted by molar-refractivity contribution is 5.86. The van der Waals surface area contributed by atoms with Gasteiger partial charge in [0.15, 0.2) is 0 Å². The van der Waals surface area contributed by atoms with E-state index in [1.165, 1.54) is 12.3 Å². The number of hydrogen-bond donors (Lipinski definition) is 2. The maximum absolute atomic E-state index is 13.3. The van der Waals surface area contributed by atoms with Crippen LogP contribution in [0.5, 0.6) is 0 Å². The maximum Gasteiger partial charge on any atom is 0.325 e. The Morgan fingerprint density at radius 1 is 1.30 bits per heavy atom. The molecule has 27 heavy (non-hydrogen) atoms. The second-order valence-corrected chi connectivity index (χ2v) is 6.92. The number of amides is 1. The normalized spacial score (nSPS) is 16.0. The van der Waals surface area contributed by atoms with Gasteiger partial charge in [0.1, 0.15) is 6.17 Å². The molecule has 1 radical (unpaired) electrons. The third kappa shape index (κ3) is 3.50. The highest BCUT2D eigenvalue weighted by Gasteiger charge is 2.18. The van der Waals surface area contributed by atoms with E-state index < -0.39 is 17.8 Å². The largest absolute Gasteiger partial charge is 0.354 e. The zero-order valence-electron chi connectivity index (χ0n) is 14.7. The van der Waals surface area contributed by atoms with Crippen LogP contribution in [0.4, 0.5) is 9.18 Å². The third-order valence-corrected chi connectivity index (χ3v) is 5.02. The van der Waals surface area contributed by atoms with Gasteiger partial charge in [-0.15, -0.1) is 0 Å². The van der Waals surface area contributed by atoms with Gasteiger partial charge in [-0.05, 0) is 42.7 Å². The van der Waals surface area contributed by atoms with E-state index in [1.54, 1.807) is 0 Å². The molecule has 0 saturated carbocycles. The second-order valence-electron chi connectivity index (χ2n) is 6.92. The number of H-pyrrole nitrogens is 1. The van der Waals surface area contributed by atoms with E-state index in [4.69, 9.17) is 5.73 Å². The minimum atomic E-state index is -0.839. The molecule has 0 spiro atoms. The van der Waals surface area contributed by atoms with Gasteiger partial charge in [-0.1, -0.05) is 6.07 Å². The average Bonchev–Trinajstić information content (AvgIpc) is 3.06. The highest BCUT2D eigenvalue weighted by Crippen LogP contribution is 2.24. The Morgan fingerprint density at radius 2 is 2.07 bits per heavy atom. The highest BCUT2D eigenvalue weighted by atomic mass is 19.1. The molecule has 0 aliphatic carbocycles. The molecule has 3 heterocycles. The van der Waals surface area contributed by atoms with E-state index in [-0.39, 0.29) is 0 Å². The summed E-state index contributed by atoms with van der Waals surface area (Å²) in [6, 6.07) is 11.4. The average molecular weight is 367 g/mol. The molecule has 0 unspecified atom stereocenters. The van der Waals surface area contributed by atoms with Gasteiger partial charge in [0.05, 0.1) is 11.3 Å². The van der Waals surface area contributed by atoms with Gasteiger partial charge >= 0.3 is 6.03 Å². The number of benzene rings is 1. The van der Waals surface area contributed by atoms with Crippen molar-refractivity contribution in [3.05, 3.63) is 58.5 Å². The lowest BCUT2D eigenvalue weighted by molar-refractivity contribution is 0.145. The lowest BCUT2D eigenvalue weighted by Crippen LogP contribution is -2.33. The van der Waals surface area contributed by atoms with Gasteiger partial charge in [0.2, 0.25) is 0 Å². The Labute approximate surface area is 155 Å². The Balaban J connectivity index is 1.63. The number of carbonyl (C=O) groups excluding carboxylic acids is 1. The molecule has 3 N–H and O–H groups in total. The number of nitrogens with two attached hydrogens (primary N) is 1. The topological polar surface area (TPSA) is 84.1 Å². The van der Waals surface area contributed by atoms with Gasteiger partial charge < -0.3 is 10.7 Å². The number of aromatic nitrogens is 2. The van der Waals surface area contributed by atoms with Crippen molar-refractivity contribution >= 4 is 16.9 Å². The van der Waals surface area contributed by atoms with Crippen molar-refractivity contribution in [3.8, 4) is 11.3 Å². The molecular weight excluding hydrogens is 347 g/mol. The van der Waals surface area contributed by atoms with E-state index in [0.717, 1.165) is 40.7 Å². The van der Waals surface area contributed by atoms with Crippen LogP contribution in [0.1, 0.15) is 18.4 Å². The van der Waals surface area contributed by atoms with Crippen LogP contribution < -0.4 is 11.3 Å². The number of alkyl halides is 1. The van der Waals surface area contributed by atoms with Crippen molar-refractivity contribution in [2.75, 3.05) is 13.1 Å². The summed E-state index contributed by atoms with van der Waals surface area (Å²) in [6.07, 6.45) is 1.73. The van der Waals surface area contributed by atoms with Gasteiger partial charge in [-0.2, -0.15) is 0 Å². The van der Waals surface area contributed by atoms with Crippen molar-refractivity contribution in [2.24, 2.45) is 5.73 Å². The lowest BCUT2D eigenvalue weighted by Gasteiger charge is -2.28. The summed E-state index contributed by atoms with van der Waals surface area (Å²) in [4.78, 5) is 29.2. The van der Waals surface area contributed by atoms with E-state index in [0.29, 0.717) is 24.1 Å². The third-order valence-electron chi connectivity index (χ3n) is 5.02.